The van der Waals surface area contributed by atoms with E-state index in [1.54, 1.807) is 0 Å². The van der Waals surface area contributed by atoms with Gasteiger partial charge in [-0.1, -0.05) is 33.1 Å². The van der Waals surface area contributed by atoms with Gasteiger partial charge < -0.3 is 5.73 Å². The highest BCUT2D eigenvalue weighted by Crippen LogP contribution is 2.34. The van der Waals surface area contributed by atoms with E-state index >= 15 is 0 Å². The smallest absolute Gasteiger partial charge is 0.0247 e. The van der Waals surface area contributed by atoms with E-state index in [2.05, 4.69) is 18.7 Å². The van der Waals surface area contributed by atoms with Gasteiger partial charge in [-0.15, -0.1) is 0 Å². The summed E-state index contributed by atoms with van der Waals surface area (Å²) < 4.78 is 0. The number of rotatable bonds is 1. The molecular weight excluding hydrogens is 172 g/mol. The topological polar surface area (TPSA) is 29.3 Å². The van der Waals surface area contributed by atoms with Crippen molar-refractivity contribution in [3.63, 3.8) is 0 Å². The van der Waals surface area contributed by atoms with Crippen LogP contribution in [-0.4, -0.2) is 30.1 Å². The highest BCUT2D eigenvalue weighted by molar-refractivity contribution is 4.95. The van der Waals surface area contributed by atoms with Gasteiger partial charge in [0.15, 0.2) is 0 Å². The van der Waals surface area contributed by atoms with Crippen molar-refractivity contribution < 1.29 is 0 Å². The Morgan fingerprint density at radius 1 is 1.07 bits per heavy atom. The first-order valence-electron chi connectivity index (χ1n) is 6.08. The second-order valence-corrected chi connectivity index (χ2v) is 5.94. The molecule has 0 spiro atoms. The monoisotopic (exact) mass is 196 g/mol. The Morgan fingerprint density at radius 3 is 2.36 bits per heavy atom. The number of hydrogen-bond donors (Lipinski definition) is 1. The number of nitrogens with zero attached hydrogens (tertiary/aromatic N) is 1. The van der Waals surface area contributed by atoms with Gasteiger partial charge in [-0.2, -0.15) is 0 Å². The Labute approximate surface area is 87.8 Å². The summed E-state index contributed by atoms with van der Waals surface area (Å²) >= 11 is 0. The zero-order valence-electron chi connectivity index (χ0n) is 9.63. The minimum atomic E-state index is 0.439. The van der Waals surface area contributed by atoms with Gasteiger partial charge in [0.05, 0.1) is 0 Å². The summed E-state index contributed by atoms with van der Waals surface area (Å²) in [7, 11) is 0. The molecule has 82 valence electrons. The van der Waals surface area contributed by atoms with E-state index in [1.807, 2.05) is 0 Å². The Balaban J connectivity index is 1.89. The average Bonchev–Trinajstić information content (AvgIpc) is 2.25. The Hall–Kier alpha value is -0.0800. The summed E-state index contributed by atoms with van der Waals surface area (Å²) in [6.07, 6.45) is 6.68. The molecule has 0 aromatic rings. The fourth-order valence-corrected chi connectivity index (χ4v) is 3.06. The molecule has 2 heteroatoms. The quantitative estimate of drug-likeness (QED) is 0.650. The molecule has 2 fully saturated rings. The fraction of sp³-hybridized carbons (Fsp3) is 1.00. The first-order valence-corrected chi connectivity index (χ1v) is 6.08. The van der Waals surface area contributed by atoms with Crippen LogP contribution in [0, 0.1) is 5.41 Å². The lowest BCUT2D eigenvalue weighted by molar-refractivity contribution is -0.0164. The third-order valence-electron chi connectivity index (χ3n) is 3.76. The van der Waals surface area contributed by atoms with Crippen molar-refractivity contribution in [3.8, 4) is 0 Å². The molecule has 0 aromatic heterocycles. The van der Waals surface area contributed by atoms with Crippen molar-refractivity contribution in [2.75, 3.05) is 13.1 Å². The molecule has 1 saturated carbocycles. The van der Waals surface area contributed by atoms with Gasteiger partial charge in [-0.3, -0.25) is 4.90 Å². The maximum atomic E-state index is 6.24. The number of likely N-dealkylation sites (tertiary alicyclic amines) is 1. The largest absolute Gasteiger partial charge is 0.326 e. The second kappa shape index (κ2) is 3.82. The molecule has 2 unspecified atom stereocenters. The van der Waals surface area contributed by atoms with E-state index in [1.165, 1.54) is 45.2 Å². The predicted octanol–water partition coefficient (Wildman–Crippen LogP) is 1.99. The summed E-state index contributed by atoms with van der Waals surface area (Å²) in [5.74, 6) is 0. The SMILES string of the molecule is CC1(C)CN(C2CCCCCC2N)C1. The molecule has 2 aliphatic rings. The Kier molecular flexibility index (Phi) is 2.85. The summed E-state index contributed by atoms with van der Waals surface area (Å²) in [5, 5.41) is 0. The van der Waals surface area contributed by atoms with Crippen LogP contribution < -0.4 is 5.73 Å². The summed E-state index contributed by atoms with van der Waals surface area (Å²) in [5.41, 5.74) is 6.78. The molecule has 0 aromatic carbocycles. The molecule has 0 radical (unpaired) electrons. The van der Waals surface area contributed by atoms with Gasteiger partial charge in [0.1, 0.15) is 0 Å². The Bertz CT molecular complexity index is 192. The van der Waals surface area contributed by atoms with E-state index in [4.69, 9.17) is 5.73 Å². The van der Waals surface area contributed by atoms with Gasteiger partial charge >= 0.3 is 0 Å². The minimum Gasteiger partial charge on any atom is -0.326 e. The van der Waals surface area contributed by atoms with Crippen molar-refractivity contribution in [3.05, 3.63) is 0 Å². The molecule has 2 atom stereocenters. The van der Waals surface area contributed by atoms with E-state index in [0.717, 1.165) is 0 Å². The van der Waals surface area contributed by atoms with Crippen LogP contribution in [0.2, 0.25) is 0 Å². The van der Waals surface area contributed by atoms with Crippen molar-refractivity contribution in [1.29, 1.82) is 0 Å². The van der Waals surface area contributed by atoms with Crippen LogP contribution in [-0.2, 0) is 0 Å². The third-order valence-corrected chi connectivity index (χ3v) is 3.76. The Morgan fingerprint density at radius 2 is 1.71 bits per heavy atom. The number of hydrogen-bond acceptors (Lipinski definition) is 2. The molecule has 0 amide bonds. The minimum absolute atomic E-state index is 0.439. The second-order valence-electron chi connectivity index (χ2n) is 5.94. The summed E-state index contributed by atoms with van der Waals surface area (Å²) in [6, 6.07) is 1.12. The van der Waals surface area contributed by atoms with Crippen LogP contribution >= 0.6 is 0 Å². The van der Waals surface area contributed by atoms with Crippen LogP contribution in [0.15, 0.2) is 0 Å². The van der Waals surface area contributed by atoms with Crippen molar-refractivity contribution in [1.82, 2.24) is 4.90 Å². The first-order chi connectivity index (χ1) is 6.58. The summed E-state index contributed by atoms with van der Waals surface area (Å²) in [6.45, 7) is 7.22. The highest BCUT2D eigenvalue weighted by atomic mass is 15.2. The third kappa shape index (κ3) is 2.12. The van der Waals surface area contributed by atoms with E-state index < -0.39 is 0 Å². The molecule has 0 bridgehead atoms. The maximum Gasteiger partial charge on any atom is 0.0247 e. The molecule has 14 heavy (non-hydrogen) atoms. The number of nitrogens with two attached hydrogens (primary N) is 1. The van der Waals surface area contributed by atoms with Crippen LogP contribution in [0.3, 0.4) is 0 Å². The lowest BCUT2D eigenvalue weighted by Crippen LogP contribution is -2.61. The molecule has 2 N–H and O–H groups in total. The zero-order chi connectivity index (χ0) is 10.2. The molecule has 2 nitrogen and oxygen atoms in total. The van der Waals surface area contributed by atoms with Crippen molar-refractivity contribution in [2.24, 2.45) is 11.1 Å². The first kappa shape index (κ1) is 10.4. The maximum absolute atomic E-state index is 6.24. The van der Waals surface area contributed by atoms with Gasteiger partial charge in [0.25, 0.3) is 0 Å². The van der Waals surface area contributed by atoms with Gasteiger partial charge in [0.2, 0.25) is 0 Å². The highest BCUT2D eigenvalue weighted by Gasteiger charge is 2.39. The molecule has 1 aliphatic heterocycles. The average molecular weight is 196 g/mol. The summed E-state index contributed by atoms with van der Waals surface area (Å²) in [4.78, 5) is 2.61. The van der Waals surface area contributed by atoms with Crippen LogP contribution in [0.5, 0.6) is 0 Å². The molecular formula is C12H24N2. The van der Waals surface area contributed by atoms with Crippen molar-refractivity contribution >= 4 is 0 Å². The standard InChI is InChI=1S/C12H24N2/c1-12(2)8-14(9-12)11-7-5-3-4-6-10(11)13/h10-11H,3-9,13H2,1-2H3. The van der Waals surface area contributed by atoms with Crippen LogP contribution in [0.25, 0.3) is 0 Å². The van der Waals surface area contributed by atoms with Crippen LogP contribution in [0.4, 0.5) is 0 Å². The van der Waals surface area contributed by atoms with E-state index in [9.17, 15) is 0 Å². The van der Waals surface area contributed by atoms with Gasteiger partial charge in [-0.25, -0.2) is 0 Å². The zero-order valence-corrected chi connectivity index (χ0v) is 9.63. The lowest BCUT2D eigenvalue weighted by atomic mass is 9.81. The predicted molar refractivity (Wildman–Crippen MR) is 60.2 cm³/mol. The normalized spacial score (nSPS) is 38.8. The van der Waals surface area contributed by atoms with Crippen molar-refractivity contribution in [2.45, 2.75) is 58.0 Å². The van der Waals surface area contributed by atoms with Gasteiger partial charge in [-0.05, 0) is 18.3 Å². The molecule has 1 saturated heterocycles. The lowest BCUT2D eigenvalue weighted by Gasteiger charge is -2.51. The van der Waals surface area contributed by atoms with E-state index in [0.29, 0.717) is 17.5 Å². The fourth-order valence-electron chi connectivity index (χ4n) is 3.06. The van der Waals surface area contributed by atoms with E-state index in [-0.39, 0.29) is 0 Å². The molecule has 1 aliphatic carbocycles. The molecule has 1 heterocycles. The molecule has 2 rings (SSSR count). The van der Waals surface area contributed by atoms with Gasteiger partial charge in [0, 0.05) is 25.2 Å². The van der Waals surface area contributed by atoms with Crippen LogP contribution in [0.1, 0.15) is 46.0 Å².